The molecule has 0 spiro atoms. The second-order valence-corrected chi connectivity index (χ2v) is 6.16. The van der Waals surface area contributed by atoms with Gasteiger partial charge in [0.2, 0.25) is 0 Å². The van der Waals surface area contributed by atoms with Crippen LogP contribution in [0.2, 0.25) is 0 Å². The van der Waals surface area contributed by atoms with Gasteiger partial charge in [0, 0.05) is 0 Å². The molecule has 0 aromatic heterocycles. The van der Waals surface area contributed by atoms with E-state index in [0.717, 1.165) is 29.9 Å². The maximum absolute atomic E-state index is 5.81. The Morgan fingerprint density at radius 3 is 2.68 bits per heavy atom. The van der Waals surface area contributed by atoms with E-state index in [9.17, 15) is 0 Å². The SMILES string of the molecule is NNC(COc1ccccc1)CC1CC2CCC1C2. The van der Waals surface area contributed by atoms with Crippen LogP contribution >= 0.6 is 0 Å². The molecule has 0 amide bonds. The van der Waals surface area contributed by atoms with Crippen LogP contribution in [-0.4, -0.2) is 12.6 Å². The average molecular weight is 260 g/mol. The molecule has 2 bridgehead atoms. The van der Waals surface area contributed by atoms with Crippen LogP contribution in [0.4, 0.5) is 0 Å². The van der Waals surface area contributed by atoms with Gasteiger partial charge in [-0.1, -0.05) is 24.6 Å². The van der Waals surface area contributed by atoms with Crippen LogP contribution in [0.3, 0.4) is 0 Å². The molecular weight excluding hydrogens is 236 g/mol. The van der Waals surface area contributed by atoms with E-state index in [1.54, 1.807) is 0 Å². The van der Waals surface area contributed by atoms with E-state index in [0.29, 0.717) is 6.61 Å². The number of hydrogen-bond acceptors (Lipinski definition) is 3. The summed E-state index contributed by atoms with van der Waals surface area (Å²) in [6, 6.07) is 10.2. The summed E-state index contributed by atoms with van der Waals surface area (Å²) in [7, 11) is 0. The third kappa shape index (κ3) is 3.10. The van der Waals surface area contributed by atoms with Crippen LogP contribution < -0.4 is 16.0 Å². The Kier molecular flexibility index (Phi) is 4.04. The van der Waals surface area contributed by atoms with E-state index in [1.165, 1.54) is 25.7 Å². The van der Waals surface area contributed by atoms with Crippen LogP contribution in [0.5, 0.6) is 5.75 Å². The molecule has 2 aliphatic carbocycles. The molecule has 3 rings (SSSR count). The van der Waals surface area contributed by atoms with Crippen molar-refractivity contribution >= 4 is 0 Å². The lowest BCUT2D eigenvalue weighted by atomic mass is 9.84. The lowest BCUT2D eigenvalue weighted by Gasteiger charge is -2.26. The molecule has 19 heavy (non-hydrogen) atoms. The molecule has 0 heterocycles. The van der Waals surface area contributed by atoms with Crippen LogP contribution in [0.1, 0.15) is 32.1 Å². The van der Waals surface area contributed by atoms with E-state index in [2.05, 4.69) is 5.43 Å². The summed E-state index contributed by atoms with van der Waals surface area (Å²) in [5.41, 5.74) is 2.93. The van der Waals surface area contributed by atoms with Gasteiger partial charge in [-0.2, -0.15) is 0 Å². The third-order valence-electron chi connectivity index (χ3n) is 4.90. The largest absolute Gasteiger partial charge is 0.492 e. The van der Waals surface area contributed by atoms with E-state index < -0.39 is 0 Å². The normalized spacial score (nSPS) is 30.5. The maximum Gasteiger partial charge on any atom is 0.119 e. The summed E-state index contributed by atoms with van der Waals surface area (Å²) in [5.74, 6) is 9.43. The number of nitrogens with one attached hydrogen (secondary N) is 1. The van der Waals surface area contributed by atoms with Crippen LogP contribution in [0, 0.1) is 17.8 Å². The fraction of sp³-hybridized carbons (Fsp3) is 0.625. The minimum Gasteiger partial charge on any atom is -0.492 e. The van der Waals surface area contributed by atoms with Crippen molar-refractivity contribution in [2.75, 3.05) is 6.61 Å². The van der Waals surface area contributed by atoms with Gasteiger partial charge in [-0.05, 0) is 55.6 Å². The molecule has 3 nitrogen and oxygen atoms in total. The minimum absolute atomic E-state index is 0.268. The van der Waals surface area contributed by atoms with Gasteiger partial charge in [0.05, 0.1) is 6.04 Å². The predicted molar refractivity (Wildman–Crippen MR) is 76.6 cm³/mol. The summed E-state index contributed by atoms with van der Waals surface area (Å²) in [6.07, 6.45) is 6.93. The molecule has 4 atom stereocenters. The summed E-state index contributed by atoms with van der Waals surface area (Å²) in [4.78, 5) is 0. The number of hydrazine groups is 1. The molecular formula is C16H24N2O. The zero-order chi connectivity index (χ0) is 13.1. The Morgan fingerprint density at radius 2 is 2.05 bits per heavy atom. The summed E-state index contributed by atoms with van der Waals surface area (Å²) in [5, 5.41) is 0. The molecule has 4 unspecified atom stereocenters. The average Bonchev–Trinajstić information content (AvgIpc) is 3.07. The molecule has 104 valence electrons. The van der Waals surface area contributed by atoms with Crippen molar-refractivity contribution in [2.24, 2.45) is 23.6 Å². The molecule has 3 heteroatoms. The number of benzene rings is 1. The minimum atomic E-state index is 0.268. The Labute approximate surface area is 115 Å². The van der Waals surface area contributed by atoms with Gasteiger partial charge >= 0.3 is 0 Å². The fourth-order valence-electron chi connectivity index (χ4n) is 3.93. The highest BCUT2D eigenvalue weighted by Crippen LogP contribution is 2.49. The molecule has 2 aliphatic rings. The summed E-state index contributed by atoms with van der Waals surface area (Å²) in [6.45, 7) is 0.661. The standard InChI is InChI=1S/C16H24N2O/c17-18-15(11-19-16-4-2-1-3-5-16)10-14-9-12-6-7-13(14)8-12/h1-5,12-15,18H,6-11,17H2. The van der Waals surface area contributed by atoms with E-state index in [-0.39, 0.29) is 6.04 Å². The zero-order valence-electron chi connectivity index (χ0n) is 11.4. The van der Waals surface area contributed by atoms with Gasteiger partial charge in [0.25, 0.3) is 0 Å². The first-order chi connectivity index (χ1) is 9.35. The number of fused-ring (bicyclic) bond motifs is 2. The number of nitrogens with two attached hydrogens (primary N) is 1. The van der Waals surface area contributed by atoms with Crippen molar-refractivity contribution in [1.82, 2.24) is 5.43 Å². The number of ether oxygens (including phenoxy) is 1. The predicted octanol–water partition coefficient (Wildman–Crippen LogP) is 2.72. The van der Waals surface area contributed by atoms with E-state index >= 15 is 0 Å². The van der Waals surface area contributed by atoms with Crippen LogP contribution in [0.25, 0.3) is 0 Å². The van der Waals surface area contributed by atoms with E-state index in [4.69, 9.17) is 10.6 Å². The van der Waals surface area contributed by atoms with Crippen LogP contribution in [0.15, 0.2) is 30.3 Å². The molecule has 3 N–H and O–H groups in total. The summed E-state index contributed by atoms with van der Waals surface area (Å²) >= 11 is 0. The highest BCUT2D eigenvalue weighted by Gasteiger charge is 2.40. The Balaban J connectivity index is 1.48. The zero-order valence-corrected chi connectivity index (χ0v) is 11.4. The second kappa shape index (κ2) is 5.93. The Bertz CT molecular complexity index is 395. The fourth-order valence-corrected chi connectivity index (χ4v) is 3.93. The summed E-state index contributed by atoms with van der Waals surface area (Å²) < 4.78 is 5.81. The quantitative estimate of drug-likeness (QED) is 0.610. The first-order valence-electron chi connectivity index (χ1n) is 7.49. The Morgan fingerprint density at radius 1 is 1.21 bits per heavy atom. The van der Waals surface area contributed by atoms with Crippen molar-refractivity contribution in [3.05, 3.63) is 30.3 Å². The smallest absolute Gasteiger partial charge is 0.119 e. The van der Waals surface area contributed by atoms with Gasteiger partial charge in [0.1, 0.15) is 12.4 Å². The third-order valence-corrected chi connectivity index (χ3v) is 4.90. The topological polar surface area (TPSA) is 47.3 Å². The molecule has 1 aromatic rings. The molecule has 1 aromatic carbocycles. The first-order valence-corrected chi connectivity index (χ1v) is 7.49. The van der Waals surface area contributed by atoms with Crippen LogP contribution in [-0.2, 0) is 0 Å². The second-order valence-electron chi connectivity index (χ2n) is 6.16. The van der Waals surface area contributed by atoms with Crippen molar-refractivity contribution in [3.8, 4) is 5.75 Å². The molecule has 2 saturated carbocycles. The lowest BCUT2D eigenvalue weighted by molar-refractivity contribution is 0.212. The van der Waals surface area contributed by atoms with Gasteiger partial charge in [-0.25, -0.2) is 0 Å². The highest BCUT2D eigenvalue weighted by molar-refractivity contribution is 5.20. The Hall–Kier alpha value is -1.06. The number of hydrogen-bond donors (Lipinski definition) is 2. The molecule has 0 saturated heterocycles. The van der Waals surface area contributed by atoms with Crippen molar-refractivity contribution < 1.29 is 4.74 Å². The van der Waals surface area contributed by atoms with Crippen molar-refractivity contribution in [1.29, 1.82) is 0 Å². The molecule has 2 fully saturated rings. The van der Waals surface area contributed by atoms with Gasteiger partial charge in [0.15, 0.2) is 0 Å². The lowest BCUT2D eigenvalue weighted by Crippen LogP contribution is -2.41. The van der Waals surface area contributed by atoms with Gasteiger partial charge < -0.3 is 4.74 Å². The monoisotopic (exact) mass is 260 g/mol. The number of para-hydroxylation sites is 1. The highest BCUT2D eigenvalue weighted by atomic mass is 16.5. The number of rotatable bonds is 6. The van der Waals surface area contributed by atoms with Gasteiger partial charge in [-0.15, -0.1) is 0 Å². The van der Waals surface area contributed by atoms with Gasteiger partial charge in [-0.3, -0.25) is 11.3 Å². The molecule has 0 radical (unpaired) electrons. The maximum atomic E-state index is 5.81. The van der Waals surface area contributed by atoms with Crippen molar-refractivity contribution in [3.63, 3.8) is 0 Å². The van der Waals surface area contributed by atoms with Crippen molar-refractivity contribution in [2.45, 2.75) is 38.1 Å². The first kappa shape index (κ1) is 12.9. The van der Waals surface area contributed by atoms with E-state index in [1.807, 2.05) is 30.3 Å². The molecule has 0 aliphatic heterocycles.